The second-order valence-electron chi connectivity index (χ2n) is 7.76. The molecule has 0 radical (unpaired) electrons. The van der Waals surface area contributed by atoms with Crippen LogP contribution in [-0.2, 0) is 11.2 Å². The highest BCUT2D eigenvalue weighted by Gasteiger charge is 2.26. The highest BCUT2D eigenvalue weighted by molar-refractivity contribution is 6.34. The number of aromatic amines is 1. The predicted molar refractivity (Wildman–Crippen MR) is 118 cm³/mol. The van der Waals surface area contributed by atoms with Gasteiger partial charge in [0.25, 0.3) is 0 Å². The number of hydrogen-bond acceptors (Lipinski definition) is 3. The number of carbonyl (C=O) groups is 1. The molecule has 1 amide bonds. The Morgan fingerprint density at radius 1 is 1.13 bits per heavy atom. The minimum Gasteiger partial charge on any atom is -0.342 e. The molecule has 0 bridgehead atoms. The lowest BCUT2D eigenvalue weighted by Gasteiger charge is -2.32. The van der Waals surface area contributed by atoms with Crippen molar-refractivity contribution in [1.29, 1.82) is 0 Å². The Balaban J connectivity index is 1.29. The van der Waals surface area contributed by atoms with E-state index in [0.717, 1.165) is 40.3 Å². The molecular weight excluding hydrogens is 400 g/mol. The summed E-state index contributed by atoms with van der Waals surface area (Å²) in [6, 6.07) is 15.4. The van der Waals surface area contributed by atoms with Gasteiger partial charge in [-0.3, -0.25) is 14.3 Å². The van der Waals surface area contributed by atoms with E-state index in [9.17, 15) is 9.59 Å². The minimum atomic E-state index is -0.146. The number of pyridine rings is 1. The number of likely N-dealkylation sites (tertiary alicyclic amines) is 1. The number of imidazole rings is 1. The molecular formula is C23H21ClN4O2. The molecule has 6 nitrogen and oxygen atoms in total. The molecule has 1 saturated heterocycles. The Labute approximate surface area is 178 Å². The Hall–Kier alpha value is -3.12. The van der Waals surface area contributed by atoms with Crippen LogP contribution in [0.3, 0.4) is 0 Å². The number of nitrogens with one attached hydrogen (secondary N) is 1. The standard InChI is InChI=1S/C23H21ClN4O2/c24-18-4-1-5-20-22(18)28(23(30)26-20)17-8-11-27(12-9-17)21(29)14-15-6-7-19-16(13-15)3-2-10-25-19/h1-7,10,13,17H,8-9,11-12,14H2,(H,26,30). The molecule has 30 heavy (non-hydrogen) atoms. The number of halogens is 1. The third-order valence-electron chi connectivity index (χ3n) is 5.89. The summed E-state index contributed by atoms with van der Waals surface area (Å²) in [5.74, 6) is 0.112. The maximum Gasteiger partial charge on any atom is 0.326 e. The number of para-hydroxylation sites is 1. The fourth-order valence-corrected chi connectivity index (χ4v) is 4.65. The predicted octanol–water partition coefficient (Wildman–Crippen LogP) is 3.94. The smallest absolute Gasteiger partial charge is 0.326 e. The van der Waals surface area contributed by atoms with Gasteiger partial charge in [-0.2, -0.15) is 0 Å². The number of nitrogens with zero attached hydrogens (tertiary/aromatic N) is 3. The van der Waals surface area contributed by atoms with Gasteiger partial charge in [0.2, 0.25) is 5.91 Å². The lowest BCUT2D eigenvalue weighted by Crippen LogP contribution is -2.41. The number of carbonyl (C=O) groups excluding carboxylic acids is 1. The summed E-state index contributed by atoms with van der Waals surface area (Å²) in [7, 11) is 0. The molecule has 2 aromatic carbocycles. The van der Waals surface area contributed by atoms with Crippen LogP contribution in [0, 0.1) is 0 Å². The topological polar surface area (TPSA) is 71.0 Å². The lowest BCUT2D eigenvalue weighted by molar-refractivity contribution is -0.131. The van der Waals surface area contributed by atoms with Crippen LogP contribution >= 0.6 is 11.6 Å². The summed E-state index contributed by atoms with van der Waals surface area (Å²) in [6.07, 6.45) is 3.59. The van der Waals surface area contributed by atoms with Crippen LogP contribution in [0.4, 0.5) is 0 Å². The first kappa shape index (κ1) is 18.9. The molecule has 1 aliphatic rings. The number of amides is 1. The van der Waals surface area contributed by atoms with Gasteiger partial charge in [-0.05, 0) is 48.7 Å². The molecule has 4 aromatic rings. The van der Waals surface area contributed by atoms with Gasteiger partial charge in [-0.25, -0.2) is 4.79 Å². The third kappa shape index (κ3) is 3.37. The van der Waals surface area contributed by atoms with E-state index in [0.29, 0.717) is 24.5 Å². The van der Waals surface area contributed by atoms with E-state index in [-0.39, 0.29) is 17.6 Å². The fourth-order valence-electron chi connectivity index (χ4n) is 4.38. The molecule has 0 saturated carbocycles. The van der Waals surface area contributed by atoms with Crippen molar-refractivity contribution in [2.24, 2.45) is 0 Å². The minimum absolute atomic E-state index is 0.0296. The normalized spacial score (nSPS) is 15.2. The highest BCUT2D eigenvalue weighted by Crippen LogP contribution is 2.29. The van der Waals surface area contributed by atoms with Crippen LogP contribution < -0.4 is 5.69 Å². The molecule has 0 spiro atoms. The maximum atomic E-state index is 12.8. The van der Waals surface area contributed by atoms with Crippen molar-refractivity contribution in [3.63, 3.8) is 0 Å². The number of rotatable bonds is 3. The van der Waals surface area contributed by atoms with Crippen molar-refractivity contribution in [2.75, 3.05) is 13.1 Å². The zero-order valence-electron chi connectivity index (χ0n) is 16.3. The average Bonchev–Trinajstić information content (AvgIpc) is 3.11. The molecule has 7 heteroatoms. The summed E-state index contributed by atoms with van der Waals surface area (Å²) in [4.78, 5) is 34.5. The average molecular weight is 421 g/mol. The van der Waals surface area contributed by atoms with Crippen LogP contribution in [0.1, 0.15) is 24.4 Å². The SMILES string of the molecule is O=C(Cc1ccc2ncccc2c1)N1CCC(n2c(=O)[nH]c3cccc(Cl)c32)CC1. The van der Waals surface area contributed by atoms with Crippen molar-refractivity contribution >= 4 is 39.4 Å². The van der Waals surface area contributed by atoms with Gasteiger partial charge in [0.1, 0.15) is 0 Å². The molecule has 5 rings (SSSR count). The number of hydrogen-bond donors (Lipinski definition) is 1. The van der Waals surface area contributed by atoms with Gasteiger partial charge in [-0.1, -0.05) is 29.8 Å². The molecule has 1 fully saturated rings. The van der Waals surface area contributed by atoms with Crippen LogP contribution in [0.2, 0.25) is 5.02 Å². The Morgan fingerprint density at radius 2 is 1.97 bits per heavy atom. The van der Waals surface area contributed by atoms with Crippen molar-refractivity contribution in [1.82, 2.24) is 19.4 Å². The van der Waals surface area contributed by atoms with Gasteiger partial charge in [0.05, 0.1) is 28.0 Å². The first-order chi connectivity index (χ1) is 14.6. The fraction of sp³-hybridized carbons (Fsp3) is 0.261. The molecule has 152 valence electrons. The first-order valence-corrected chi connectivity index (χ1v) is 10.5. The quantitative estimate of drug-likeness (QED) is 0.545. The molecule has 2 aromatic heterocycles. The van der Waals surface area contributed by atoms with Crippen LogP contribution in [0.5, 0.6) is 0 Å². The zero-order valence-corrected chi connectivity index (χ0v) is 17.1. The first-order valence-electron chi connectivity index (χ1n) is 10.1. The van der Waals surface area contributed by atoms with E-state index in [1.54, 1.807) is 16.8 Å². The Morgan fingerprint density at radius 3 is 2.80 bits per heavy atom. The van der Waals surface area contributed by atoms with Crippen molar-refractivity contribution in [3.05, 3.63) is 75.8 Å². The van der Waals surface area contributed by atoms with E-state index in [2.05, 4.69) is 9.97 Å². The largest absolute Gasteiger partial charge is 0.342 e. The highest BCUT2D eigenvalue weighted by atomic mass is 35.5. The molecule has 1 N–H and O–H groups in total. The molecule has 0 aliphatic carbocycles. The van der Waals surface area contributed by atoms with E-state index in [1.165, 1.54) is 0 Å². The number of aromatic nitrogens is 3. The van der Waals surface area contributed by atoms with Crippen molar-refractivity contribution in [2.45, 2.75) is 25.3 Å². The van der Waals surface area contributed by atoms with Crippen molar-refractivity contribution in [3.8, 4) is 0 Å². The van der Waals surface area contributed by atoms with Gasteiger partial charge in [0.15, 0.2) is 0 Å². The van der Waals surface area contributed by atoms with Gasteiger partial charge < -0.3 is 9.88 Å². The second kappa shape index (κ2) is 7.61. The Bertz CT molecular complexity index is 1300. The third-order valence-corrected chi connectivity index (χ3v) is 6.20. The van der Waals surface area contributed by atoms with Gasteiger partial charge >= 0.3 is 5.69 Å². The van der Waals surface area contributed by atoms with E-state index in [4.69, 9.17) is 11.6 Å². The van der Waals surface area contributed by atoms with Crippen LogP contribution in [0.15, 0.2) is 59.5 Å². The number of H-pyrrole nitrogens is 1. The number of benzene rings is 2. The summed E-state index contributed by atoms with van der Waals surface area (Å²) in [5.41, 5.74) is 3.27. The van der Waals surface area contributed by atoms with Crippen LogP contribution in [0.25, 0.3) is 21.9 Å². The summed E-state index contributed by atoms with van der Waals surface area (Å²) < 4.78 is 1.76. The molecule has 3 heterocycles. The molecule has 0 atom stereocenters. The van der Waals surface area contributed by atoms with Crippen molar-refractivity contribution < 1.29 is 4.79 Å². The van der Waals surface area contributed by atoms with Crippen LogP contribution in [-0.4, -0.2) is 38.4 Å². The molecule has 0 unspecified atom stereocenters. The monoisotopic (exact) mass is 420 g/mol. The van der Waals surface area contributed by atoms with Gasteiger partial charge in [0, 0.05) is 30.7 Å². The zero-order chi connectivity index (χ0) is 20.7. The van der Waals surface area contributed by atoms with Gasteiger partial charge in [-0.15, -0.1) is 0 Å². The van der Waals surface area contributed by atoms with E-state index < -0.39 is 0 Å². The van der Waals surface area contributed by atoms with E-state index in [1.807, 2.05) is 47.4 Å². The second-order valence-corrected chi connectivity index (χ2v) is 8.16. The summed E-state index contributed by atoms with van der Waals surface area (Å²) >= 11 is 6.36. The Kier molecular flexibility index (Phi) is 4.79. The summed E-state index contributed by atoms with van der Waals surface area (Å²) in [5, 5.41) is 1.60. The number of piperidine rings is 1. The molecule has 1 aliphatic heterocycles. The maximum absolute atomic E-state index is 12.8. The number of fused-ring (bicyclic) bond motifs is 2. The van der Waals surface area contributed by atoms with E-state index >= 15 is 0 Å². The summed E-state index contributed by atoms with van der Waals surface area (Å²) in [6.45, 7) is 1.25. The lowest BCUT2D eigenvalue weighted by atomic mass is 10.0.